The number of aromatic hydroxyl groups is 1. The molecule has 200 valence electrons. The molecule has 4 aliphatic rings. The van der Waals surface area contributed by atoms with E-state index in [9.17, 15) is 5.11 Å². The van der Waals surface area contributed by atoms with Crippen LogP contribution in [0.4, 0.5) is 10.2 Å². The standard InChI is InChI=1S/C30H31FN6O2/c31-24-26(20-12-18(38)11-17-5-1-2-6-19(17)20)33-15-23-27(24)35-29(36-28(23)34-25-21-13-32-14-22(21)25)39-16-30-7-3-9-37(30)10-4-8-30/h1-2,5-6,11-12,15,21-22,25,32,38H,3-4,7-10,13-14,16H2,(H,34,35,36). The highest BCUT2D eigenvalue weighted by Gasteiger charge is 2.53. The monoisotopic (exact) mass is 526 g/mol. The molecule has 0 bridgehead atoms. The number of hydrogen-bond acceptors (Lipinski definition) is 8. The molecule has 39 heavy (non-hydrogen) atoms. The first kappa shape index (κ1) is 23.3. The predicted octanol–water partition coefficient (Wildman–Crippen LogP) is 4.33. The molecule has 2 aromatic carbocycles. The number of nitrogens with zero attached hydrogens (tertiary/aromatic N) is 4. The second kappa shape index (κ2) is 8.72. The fourth-order valence-electron chi connectivity index (χ4n) is 7.34. The topological polar surface area (TPSA) is 95.4 Å². The molecule has 5 heterocycles. The van der Waals surface area contributed by atoms with Crippen molar-refractivity contribution in [3.05, 3.63) is 48.4 Å². The Labute approximate surface area is 225 Å². The number of rotatable bonds is 6. The van der Waals surface area contributed by atoms with Crippen molar-refractivity contribution in [1.29, 1.82) is 0 Å². The van der Waals surface area contributed by atoms with E-state index in [1.54, 1.807) is 18.3 Å². The molecule has 0 spiro atoms. The number of halogens is 1. The van der Waals surface area contributed by atoms with Crippen molar-refractivity contribution in [1.82, 2.24) is 25.2 Å². The Bertz CT molecular complexity index is 1590. The Hall–Kier alpha value is -3.56. The largest absolute Gasteiger partial charge is 0.508 e. The van der Waals surface area contributed by atoms with Crippen molar-refractivity contribution in [3.8, 4) is 23.0 Å². The Kier molecular flexibility index (Phi) is 5.22. The Balaban J connectivity index is 1.22. The van der Waals surface area contributed by atoms with E-state index < -0.39 is 5.82 Å². The molecule has 0 radical (unpaired) electrons. The quantitative estimate of drug-likeness (QED) is 0.342. The zero-order valence-electron chi connectivity index (χ0n) is 21.7. The maximum absolute atomic E-state index is 16.4. The molecule has 2 unspecified atom stereocenters. The van der Waals surface area contributed by atoms with E-state index in [2.05, 4.69) is 25.5 Å². The molecule has 0 amide bonds. The number of fused-ring (bicyclic) bond motifs is 4. The summed E-state index contributed by atoms with van der Waals surface area (Å²) in [6.07, 6.45) is 6.21. The van der Waals surface area contributed by atoms with Crippen LogP contribution in [0.25, 0.3) is 32.9 Å². The van der Waals surface area contributed by atoms with E-state index in [4.69, 9.17) is 9.72 Å². The highest BCUT2D eigenvalue weighted by molar-refractivity contribution is 5.99. The maximum atomic E-state index is 16.4. The highest BCUT2D eigenvalue weighted by Crippen LogP contribution is 2.45. The molecular formula is C30H31FN6O2. The average molecular weight is 527 g/mol. The lowest BCUT2D eigenvalue weighted by Gasteiger charge is -2.31. The van der Waals surface area contributed by atoms with Crippen LogP contribution in [0.3, 0.4) is 0 Å². The lowest BCUT2D eigenvalue weighted by molar-refractivity contribution is 0.108. The van der Waals surface area contributed by atoms with Gasteiger partial charge in [-0.2, -0.15) is 9.97 Å². The van der Waals surface area contributed by atoms with Crippen molar-refractivity contribution in [2.45, 2.75) is 37.3 Å². The molecule has 9 heteroatoms. The van der Waals surface area contributed by atoms with Crippen LogP contribution in [-0.4, -0.2) is 69.3 Å². The zero-order valence-corrected chi connectivity index (χ0v) is 21.7. The first-order chi connectivity index (χ1) is 19.1. The lowest BCUT2D eigenvalue weighted by atomic mass is 9.95. The number of phenolic OH excluding ortho intramolecular Hbond substituents is 1. The minimum atomic E-state index is -0.544. The Morgan fingerprint density at radius 1 is 1.08 bits per heavy atom. The van der Waals surface area contributed by atoms with Crippen LogP contribution in [0.1, 0.15) is 25.7 Å². The fraction of sp³-hybridized carbons (Fsp3) is 0.433. The molecule has 3 N–H and O–H groups in total. The third-order valence-electron chi connectivity index (χ3n) is 9.44. The van der Waals surface area contributed by atoms with Gasteiger partial charge in [0.2, 0.25) is 0 Å². The van der Waals surface area contributed by atoms with Crippen LogP contribution >= 0.6 is 0 Å². The number of phenols is 1. The van der Waals surface area contributed by atoms with Crippen molar-refractivity contribution in [2.24, 2.45) is 11.8 Å². The van der Waals surface area contributed by atoms with E-state index in [1.807, 2.05) is 24.3 Å². The first-order valence-electron chi connectivity index (χ1n) is 14.0. The van der Waals surface area contributed by atoms with Gasteiger partial charge in [-0.15, -0.1) is 0 Å². The summed E-state index contributed by atoms with van der Waals surface area (Å²) >= 11 is 0. The summed E-state index contributed by atoms with van der Waals surface area (Å²) < 4.78 is 22.7. The smallest absolute Gasteiger partial charge is 0.319 e. The van der Waals surface area contributed by atoms with Crippen LogP contribution in [0.5, 0.6) is 11.8 Å². The summed E-state index contributed by atoms with van der Waals surface area (Å²) in [5.74, 6) is 1.20. The SMILES string of the molecule is Oc1cc(-c2ncc3c(NC4C5CNCC54)nc(OCC45CCCN4CCC5)nc3c2F)c2ccccc2c1. The molecule has 4 fully saturated rings. The molecule has 8 rings (SSSR count). The van der Waals surface area contributed by atoms with Crippen molar-refractivity contribution < 1.29 is 14.2 Å². The van der Waals surface area contributed by atoms with E-state index in [0.717, 1.165) is 49.8 Å². The summed E-state index contributed by atoms with van der Waals surface area (Å²) in [7, 11) is 0. The number of pyridine rings is 1. The summed E-state index contributed by atoms with van der Waals surface area (Å²) in [6, 6.07) is 11.3. The van der Waals surface area contributed by atoms with Crippen LogP contribution in [0, 0.1) is 17.7 Å². The van der Waals surface area contributed by atoms with Gasteiger partial charge in [-0.3, -0.25) is 9.88 Å². The average Bonchev–Trinajstić information content (AvgIpc) is 3.36. The number of aromatic nitrogens is 3. The zero-order chi connectivity index (χ0) is 26.1. The maximum Gasteiger partial charge on any atom is 0.319 e. The third kappa shape index (κ3) is 3.74. The van der Waals surface area contributed by atoms with Gasteiger partial charge >= 0.3 is 6.01 Å². The van der Waals surface area contributed by atoms with E-state index >= 15 is 4.39 Å². The molecule has 3 aliphatic heterocycles. The number of benzene rings is 2. The van der Waals surface area contributed by atoms with Crippen LogP contribution in [-0.2, 0) is 0 Å². The van der Waals surface area contributed by atoms with Gasteiger partial charge in [0.05, 0.1) is 10.9 Å². The normalized spacial score (nSPS) is 25.2. The minimum absolute atomic E-state index is 0.0352. The highest BCUT2D eigenvalue weighted by atomic mass is 19.1. The molecule has 4 aromatic rings. The van der Waals surface area contributed by atoms with E-state index in [-0.39, 0.29) is 28.5 Å². The molecule has 3 saturated heterocycles. The molecule has 1 saturated carbocycles. The predicted molar refractivity (Wildman–Crippen MR) is 147 cm³/mol. The fourth-order valence-corrected chi connectivity index (χ4v) is 7.34. The molecule has 1 aliphatic carbocycles. The summed E-state index contributed by atoms with van der Waals surface area (Å²) in [5, 5.41) is 19.5. The second-order valence-electron chi connectivity index (χ2n) is 11.6. The Morgan fingerprint density at radius 2 is 1.87 bits per heavy atom. The van der Waals surface area contributed by atoms with Gasteiger partial charge in [0.15, 0.2) is 5.82 Å². The van der Waals surface area contributed by atoms with Crippen molar-refractivity contribution in [3.63, 3.8) is 0 Å². The van der Waals surface area contributed by atoms with Crippen molar-refractivity contribution in [2.75, 3.05) is 38.1 Å². The first-order valence-corrected chi connectivity index (χ1v) is 14.0. The number of ether oxygens (including phenoxy) is 1. The third-order valence-corrected chi connectivity index (χ3v) is 9.44. The van der Waals surface area contributed by atoms with Gasteiger partial charge in [-0.25, -0.2) is 4.39 Å². The van der Waals surface area contributed by atoms with Gasteiger partial charge in [-0.1, -0.05) is 24.3 Å². The number of hydrogen-bond donors (Lipinski definition) is 3. The summed E-state index contributed by atoms with van der Waals surface area (Å²) in [6.45, 7) is 4.68. The van der Waals surface area contributed by atoms with Gasteiger partial charge in [-0.05, 0) is 73.5 Å². The Morgan fingerprint density at radius 3 is 2.69 bits per heavy atom. The number of piperidine rings is 1. The second-order valence-corrected chi connectivity index (χ2v) is 11.6. The molecule has 2 aromatic heterocycles. The molecule has 8 nitrogen and oxygen atoms in total. The van der Waals surface area contributed by atoms with Gasteiger partial charge in [0.1, 0.15) is 29.4 Å². The van der Waals surface area contributed by atoms with Gasteiger partial charge < -0.3 is 20.5 Å². The molecular weight excluding hydrogens is 495 g/mol. The molecule has 2 atom stereocenters. The minimum Gasteiger partial charge on any atom is -0.508 e. The van der Waals surface area contributed by atoms with Gasteiger partial charge in [0, 0.05) is 30.9 Å². The van der Waals surface area contributed by atoms with Crippen molar-refractivity contribution >= 4 is 27.5 Å². The van der Waals surface area contributed by atoms with Gasteiger partial charge in [0.25, 0.3) is 0 Å². The van der Waals surface area contributed by atoms with Crippen LogP contribution in [0.15, 0.2) is 42.6 Å². The van der Waals surface area contributed by atoms with Crippen LogP contribution < -0.4 is 15.4 Å². The summed E-state index contributed by atoms with van der Waals surface area (Å²) in [5.41, 5.74) is 0.882. The van der Waals surface area contributed by atoms with Crippen LogP contribution in [0.2, 0.25) is 0 Å². The lowest BCUT2D eigenvalue weighted by Crippen LogP contribution is -2.43. The van der Waals surface area contributed by atoms with E-state index in [1.165, 1.54) is 12.8 Å². The van der Waals surface area contributed by atoms with E-state index in [0.29, 0.717) is 41.3 Å². The summed E-state index contributed by atoms with van der Waals surface area (Å²) in [4.78, 5) is 16.4. The number of anilines is 1. The number of nitrogens with one attached hydrogen (secondary N) is 2.